The Morgan fingerprint density at radius 1 is 1.21 bits per heavy atom. The maximum absolute atomic E-state index is 9.04. The van der Waals surface area contributed by atoms with E-state index in [0.29, 0.717) is 5.47 Å². The molecule has 1 aromatic carbocycles. The Hall–Kier alpha value is -1.06. The molecule has 0 atom stereocenters. The van der Waals surface area contributed by atoms with Crippen LogP contribution in [0.2, 0.25) is 0 Å². The highest BCUT2D eigenvalue weighted by atomic mass is 16.4. The zero-order chi connectivity index (χ0) is 10.1. The van der Waals surface area contributed by atoms with Gasteiger partial charge in [-0.05, 0) is 36.4 Å². The quantitative estimate of drug-likeness (QED) is 0.652. The van der Waals surface area contributed by atoms with E-state index in [1.807, 2.05) is 18.2 Å². The lowest BCUT2D eigenvalue weighted by Gasteiger charge is -2.16. The highest BCUT2D eigenvalue weighted by Crippen LogP contribution is 2.24. The number of hydrogen-bond acceptors (Lipinski definition) is 2. The standard InChI is InChI=1S/C11H13BO2/c1-8-2-3-10-7-11(12(13)14)5-4-9(10)6-8/h2-3,6-7,13-14H,4-5H2,1H3. The van der Waals surface area contributed by atoms with Crippen LogP contribution >= 0.6 is 0 Å². The number of benzene rings is 1. The molecule has 1 aromatic rings. The molecule has 1 aliphatic rings. The minimum atomic E-state index is -1.30. The van der Waals surface area contributed by atoms with Crippen molar-refractivity contribution in [3.8, 4) is 0 Å². The molecule has 0 aliphatic heterocycles. The average Bonchev–Trinajstić information content (AvgIpc) is 2.16. The monoisotopic (exact) mass is 188 g/mol. The predicted octanol–water partition coefficient (Wildman–Crippen LogP) is 1.34. The van der Waals surface area contributed by atoms with Gasteiger partial charge in [-0.3, -0.25) is 0 Å². The molecule has 0 amide bonds. The molecule has 0 heterocycles. The molecule has 2 N–H and O–H groups in total. The lowest BCUT2D eigenvalue weighted by Crippen LogP contribution is -2.18. The third kappa shape index (κ3) is 1.74. The number of allylic oxidation sites excluding steroid dienone is 1. The highest BCUT2D eigenvalue weighted by molar-refractivity contribution is 6.52. The predicted molar refractivity (Wildman–Crippen MR) is 57.7 cm³/mol. The zero-order valence-electron chi connectivity index (χ0n) is 8.20. The fraction of sp³-hybridized carbons (Fsp3) is 0.273. The Morgan fingerprint density at radius 2 is 2.00 bits per heavy atom. The Bertz CT molecular complexity index is 383. The molecule has 3 heteroatoms. The molecule has 0 bridgehead atoms. The smallest absolute Gasteiger partial charge is 0.423 e. The van der Waals surface area contributed by atoms with Crippen molar-refractivity contribution in [1.82, 2.24) is 0 Å². The Morgan fingerprint density at radius 3 is 2.71 bits per heavy atom. The second-order valence-corrected chi connectivity index (χ2v) is 3.80. The molecule has 0 spiro atoms. The van der Waals surface area contributed by atoms with E-state index in [9.17, 15) is 0 Å². The van der Waals surface area contributed by atoms with E-state index in [1.54, 1.807) is 0 Å². The van der Waals surface area contributed by atoms with Crippen LogP contribution in [0.15, 0.2) is 23.7 Å². The molecule has 1 aliphatic carbocycles. The van der Waals surface area contributed by atoms with Gasteiger partial charge in [-0.1, -0.05) is 29.8 Å². The SMILES string of the molecule is Cc1ccc2c(c1)CCC(B(O)O)=C2. The molecule has 0 saturated heterocycles. The molecule has 0 radical (unpaired) electrons. The summed E-state index contributed by atoms with van der Waals surface area (Å²) in [6.07, 6.45) is 3.53. The summed E-state index contributed by atoms with van der Waals surface area (Å²) in [6, 6.07) is 6.24. The van der Waals surface area contributed by atoms with Crippen molar-refractivity contribution in [2.45, 2.75) is 19.8 Å². The highest BCUT2D eigenvalue weighted by Gasteiger charge is 2.19. The molecule has 0 saturated carbocycles. The van der Waals surface area contributed by atoms with Gasteiger partial charge in [0.25, 0.3) is 0 Å². The Balaban J connectivity index is 2.40. The van der Waals surface area contributed by atoms with Gasteiger partial charge in [-0.15, -0.1) is 0 Å². The molecule has 14 heavy (non-hydrogen) atoms. The van der Waals surface area contributed by atoms with E-state index in [1.165, 1.54) is 11.1 Å². The summed E-state index contributed by atoms with van der Waals surface area (Å²) in [6.45, 7) is 2.07. The van der Waals surface area contributed by atoms with Crippen LogP contribution < -0.4 is 0 Å². The molecule has 2 nitrogen and oxygen atoms in total. The number of aryl methyl sites for hydroxylation is 2. The molecule has 72 valence electrons. The lowest BCUT2D eigenvalue weighted by molar-refractivity contribution is 0.417. The maximum atomic E-state index is 9.04. The van der Waals surface area contributed by atoms with Crippen LogP contribution in [-0.4, -0.2) is 17.2 Å². The van der Waals surface area contributed by atoms with E-state index >= 15 is 0 Å². The van der Waals surface area contributed by atoms with Gasteiger partial charge < -0.3 is 10.0 Å². The largest absolute Gasteiger partial charge is 0.484 e. The van der Waals surface area contributed by atoms with Crippen molar-refractivity contribution < 1.29 is 10.0 Å². The van der Waals surface area contributed by atoms with Crippen molar-refractivity contribution in [3.63, 3.8) is 0 Å². The summed E-state index contributed by atoms with van der Waals surface area (Å²) in [4.78, 5) is 0. The third-order valence-corrected chi connectivity index (χ3v) is 2.65. The van der Waals surface area contributed by atoms with Crippen LogP contribution in [0.4, 0.5) is 0 Å². The normalized spacial score (nSPS) is 14.6. The van der Waals surface area contributed by atoms with E-state index < -0.39 is 7.12 Å². The second kappa shape index (κ2) is 3.60. The van der Waals surface area contributed by atoms with Crippen molar-refractivity contribution in [3.05, 3.63) is 40.4 Å². The molecule has 2 rings (SSSR count). The van der Waals surface area contributed by atoms with Gasteiger partial charge in [-0.25, -0.2) is 0 Å². The van der Waals surface area contributed by atoms with Crippen molar-refractivity contribution >= 4 is 13.2 Å². The van der Waals surface area contributed by atoms with E-state index in [4.69, 9.17) is 10.0 Å². The van der Waals surface area contributed by atoms with Crippen molar-refractivity contribution in [2.75, 3.05) is 0 Å². The lowest BCUT2D eigenvalue weighted by atomic mass is 9.72. The Labute approximate surface area is 84.0 Å². The van der Waals surface area contributed by atoms with Gasteiger partial charge in [0.2, 0.25) is 0 Å². The van der Waals surface area contributed by atoms with E-state index in [-0.39, 0.29) is 0 Å². The molecular weight excluding hydrogens is 175 g/mol. The first kappa shape index (κ1) is 9.50. The summed E-state index contributed by atoms with van der Waals surface area (Å²) < 4.78 is 0. The average molecular weight is 188 g/mol. The third-order valence-electron chi connectivity index (χ3n) is 2.65. The number of hydrogen-bond donors (Lipinski definition) is 2. The van der Waals surface area contributed by atoms with Gasteiger partial charge in [0, 0.05) is 0 Å². The van der Waals surface area contributed by atoms with Gasteiger partial charge in [0.15, 0.2) is 0 Å². The van der Waals surface area contributed by atoms with Crippen LogP contribution in [0.5, 0.6) is 0 Å². The first-order valence-corrected chi connectivity index (χ1v) is 4.83. The van der Waals surface area contributed by atoms with Gasteiger partial charge in [-0.2, -0.15) is 0 Å². The van der Waals surface area contributed by atoms with E-state index in [0.717, 1.165) is 18.4 Å². The minimum Gasteiger partial charge on any atom is -0.423 e. The molecular formula is C11H13BO2. The molecule has 0 aromatic heterocycles. The van der Waals surface area contributed by atoms with Crippen LogP contribution in [0.25, 0.3) is 6.08 Å². The molecule has 0 fully saturated rings. The fourth-order valence-electron chi connectivity index (χ4n) is 1.85. The van der Waals surface area contributed by atoms with Gasteiger partial charge in [0.05, 0.1) is 0 Å². The van der Waals surface area contributed by atoms with Crippen LogP contribution in [0, 0.1) is 6.92 Å². The van der Waals surface area contributed by atoms with Crippen LogP contribution in [0.3, 0.4) is 0 Å². The van der Waals surface area contributed by atoms with Gasteiger partial charge >= 0.3 is 7.12 Å². The Kier molecular flexibility index (Phi) is 2.44. The number of rotatable bonds is 1. The van der Waals surface area contributed by atoms with Gasteiger partial charge in [0.1, 0.15) is 0 Å². The summed E-state index contributed by atoms with van der Waals surface area (Å²) in [5, 5.41) is 18.1. The van der Waals surface area contributed by atoms with E-state index in [2.05, 4.69) is 13.0 Å². The second-order valence-electron chi connectivity index (χ2n) is 3.80. The van der Waals surface area contributed by atoms with Crippen LogP contribution in [-0.2, 0) is 6.42 Å². The first-order chi connectivity index (χ1) is 6.66. The summed E-state index contributed by atoms with van der Waals surface area (Å²) >= 11 is 0. The minimum absolute atomic E-state index is 0.710. The van der Waals surface area contributed by atoms with Crippen LogP contribution in [0.1, 0.15) is 23.1 Å². The summed E-state index contributed by atoms with van der Waals surface area (Å²) in [7, 11) is -1.30. The zero-order valence-corrected chi connectivity index (χ0v) is 8.20. The molecule has 0 unspecified atom stereocenters. The maximum Gasteiger partial charge on any atom is 0.484 e. The topological polar surface area (TPSA) is 40.5 Å². The summed E-state index contributed by atoms with van der Waals surface area (Å²) in [5.74, 6) is 0. The van der Waals surface area contributed by atoms with Crippen molar-refractivity contribution in [1.29, 1.82) is 0 Å². The fourth-order valence-corrected chi connectivity index (χ4v) is 1.85. The summed E-state index contributed by atoms with van der Waals surface area (Å²) in [5.41, 5.74) is 4.38. The number of fused-ring (bicyclic) bond motifs is 1. The first-order valence-electron chi connectivity index (χ1n) is 4.83. The van der Waals surface area contributed by atoms with Crippen molar-refractivity contribution in [2.24, 2.45) is 0 Å².